The lowest BCUT2D eigenvalue weighted by Crippen LogP contribution is -2.61. The number of nitrogens with zero attached hydrogens (tertiary/aromatic N) is 2. The van der Waals surface area contributed by atoms with Crippen molar-refractivity contribution in [2.24, 2.45) is 17.3 Å². The number of amides is 6. The number of likely N-dealkylation sites (tertiary alicyclic amines) is 2. The number of Topliss-reactive ketones (excluding diaryl/α,β-unsaturated/α-hetero) is 1. The number of piperidine rings is 1. The van der Waals surface area contributed by atoms with Crippen LogP contribution in [0, 0.1) is 17.3 Å². The van der Waals surface area contributed by atoms with Gasteiger partial charge >= 0.3 is 6.03 Å². The number of nitrogens with one attached hydrogen (secondary N) is 4. The maximum Gasteiger partial charge on any atom is 0.315 e. The van der Waals surface area contributed by atoms with Crippen LogP contribution in [0.5, 0.6) is 0 Å². The molecule has 3 rings (SSSR count). The molecule has 4 atom stereocenters. The molecule has 0 aromatic carbocycles. The highest BCUT2D eigenvalue weighted by atomic mass is 16.2. The first-order valence-electron chi connectivity index (χ1n) is 17.2. The van der Waals surface area contributed by atoms with E-state index in [0.29, 0.717) is 32.5 Å². The first kappa shape index (κ1) is 37.8. The fraction of sp³-hybridized carbons (Fsp3) is 0.714. The van der Waals surface area contributed by atoms with Crippen LogP contribution in [0.25, 0.3) is 0 Å². The van der Waals surface area contributed by atoms with Crippen molar-refractivity contribution in [2.45, 2.75) is 111 Å². The summed E-state index contributed by atoms with van der Waals surface area (Å²) >= 11 is 0. The maximum absolute atomic E-state index is 14.4. The molecule has 0 bridgehead atoms. The average molecular weight is 657 g/mol. The smallest absolute Gasteiger partial charge is 0.315 e. The van der Waals surface area contributed by atoms with Crippen molar-refractivity contribution in [1.29, 1.82) is 0 Å². The molecule has 262 valence electrons. The quantitative estimate of drug-likeness (QED) is 0.176. The molecule has 0 aromatic rings. The van der Waals surface area contributed by atoms with E-state index >= 15 is 0 Å². The highest BCUT2D eigenvalue weighted by Crippen LogP contribution is 2.32. The van der Waals surface area contributed by atoms with Crippen LogP contribution in [0.2, 0.25) is 0 Å². The number of allylic oxidation sites excluding steroid dienone is 1. The minimum absolute atomic E-state index is 0.0892. The zero-order valence-electron chi connectivity index (χ0n) is 29.0. The van der Waals surface area contributed by atoms with Crippen molar-refractivity contribution < 1.29 is 28.8 Å². The highest BCUT2D eigenvalue weighted by Gasteiger charge is 2.45. The van der Waals surface area contributed by atoms with Gasteiger partial charge in [0.2, 0.25) is 23.5 Å². The summed E-state index contributed by atoms with van der Waals surface area (Å²) in [5.74, 6) is -2.77. The molecule has 0 aromatic heterocycles. The molecule has 1 aliphatic carbocycles. The first-order valence-corrected chi connectivity index (χ1v) is 17.2. The standard InChI is InChI=1S/C35H56N6O6/c1-7-17-36-31(44)26(42)21-37-32(45)30-25(20-23(2)3)16-19-41(30)33(46)29(24-13-9-8-10-14-24)39-34(47)38-27(35(4,5)6)22-40-18-12-11-15-28(40)43/h7,20,24-25,27,29-30H,1,8-19,21-22H2,2-6H3,(H,36,44)(H,37,45)(H2,38,39,47)/t25-,27-,29+,30+/m1/s1. The minimum atomic E-state index is -0.898. The molecule has 2 saturated heterocycles. The summed E-state index contributed by atoms with van der Waals surface area (Å²) in [7, 11) is 0. The Balaban J connectivity index is 1.81. The largest absolute Gasteiger partial charge is 0.347 e. The lowest BCUT2D eigenvalue weighted by molar-refractivity contribution is -0.142. The van der Waals surface area contributed by atoms with Crippen molar-refractivity contribution in [3.63, 3.8) is 0 Å². The predicted octanol–water partition coefficient (Wildman–Crippen LogP) is 2.83. The molecule has 12 heteroatoms. The fourth-order valence-electron chi connectivity index (χ4n) is 6.80. The molecule has 6 amide bonds. The van der Waals surface area contributed by atoms with Gasteiger partial charge in [0.05, 0.1) is 12.6 Å². The number of ketones is 1. The van der Waals surface area contributed by atoms with E-state index in [1.54, 1.807) is 0 Å². The Bertz CT molecular complexity index is 1200. The molecule has 0 spiro atoms. The number of hydrogen-bond acceptors (Lipinski definition) is 6. The number of carbonyl (C=O) groups excluding carboxylic acids is 6. The Kier molecular flexibility index (Phi) is 14.0. The fourth-order valence-corrected chi connectivity index (χ4v) is 6.80. The zero-order valence-corrected chi connectivity index (χ0v) is 29.0. The summed E-state index contributed by atoms with van der Waals surface area (Å²) in [4.78, 5) is 82.0. The van der Waals surface area contributed by atoms with E-state index in [-0.39, 0.29) is 41.7 Å². The van der Waals surface area contributed by atoms with Gasteiger partial charge in [-0.15, -0.1) is 6.58 Å². The molecular formula is C35H56N6O6. The summed E-state index contributed by atoms with van der Waals surface area (Å²) < 4.78 is 0. The summed E-state index contributed by atoms with van der Waals surface area (Å²) in [6, 6.07) is -2.57. The van der Waals surface area contributed by atoms with Crippen molar-refractivity contribution in [1.82, 2.24) is 31.1 Å². The van der Waals surface area contributed by atoms with E-state index in [4.69, 9.17) is 0 Å². The van der Waals surface area contributed by atoms with Gasteiger partial charge in [0.25, 0.3) is 5.91 Å². The third-order valence-electron chi connectivity index (χ3n) is 9.48. The van der Waals surface area contributed by atoms with Gasteiger partial charge in [-0.2, -0.15) is 0 Å². The molecular weight excluding hydrogens is 600 g/mol. The van der Waals surface area contributed by atoms with Crippen LogP contribution in [0.15, 0.2) is 24.3 Å². The summed E-state index contributed by atoms with van der Waals surface area (Å²) in [6.07, 6.45) is 10.8. The molecule has 2 aliphatic heterocycles. The highest BCUT2D eigenvalue weighted by molar-refractivity contribution is 6.37. The Morgan fingerprint density at radius 2 is 1.64 bits per heavy atom. The number of carbonyl (C=O) groups is 6. The average Bonchev–Trinajstić information content (AvgIpc) is 3.44. The normalized spacial score (nSPS) is 21.7. The van der Waals surface area contributed by atoms with Gasteiger partial charge in [0.1, 0.15) is 12.1 Å². The Hall–Kier alpha value is -3.70. The maximum atomic E-state index is 14.4. The number of hydrogen-bond donors (Lipinski definition) is 4. The third kappa shape index (κ3) is 10.9. The van der Waals surface area contributed by atoms with Crippen LogP contribution in [0.1, 0.15) is 92.4 Å². The Morgan fingerprint density at radius 1 is 0.936 bits per heavy atom. The third-order valence-corrected chi connectivity index (χ3v) is 9.48. The molecule has 2 heterocycles. The second-order valence-electron chi connectivity index (χ2n) is 14.5. The van der Waals surface area contributed by atoms with E-state index in [0.717, 1.165) is 50.5 Å². The van der Waals surface area contributed by atoms with Crippen LogP contribution < -0.4 is 21.3 Å². The van der Waals surface area contributed by atoms with Crippen molar-refractivity contribution in [3.05, 3.63) is 24.3 Å². The van der Waals surface area contributed by atoms with Crippen molar-refractivity contribution in [3.8, 4) is 0 Å². The van der Waals surface area contributed by atoms with Crippen molar-refractivity contribution in [2.75, 3.05) is 32.7 Å². The summed E-state index contributed by atoms with van der Waals surface area (Å²) in [6.45, 7) is 14.4. The summed E-state index contributed by atoms with van der Waals surface area (Å²) in [5, 5.41) is 11.1. The van der Waals surface area contributed by atoms with Gasteiger partial charge in [0.15, 0.2) is 0 Å². The van der Waals surface area contributed by atoms with E-state index in [2.05, 4.69) is 27.8 Å². The zero-order chi connectivity index (χ0) is 34.7. The van der Waals surface area contributed by atoms with Crippen LogP contribution in [0.3, 0.4) is 0 Å². The van der Waals surface area contributed by atoms with E-state index in [9.17, 15) is 28.8 Å². The molecule has 0 unspecified atom stereocenters. The second kappa shape index (κ2) is 17.5. The predicted molar refractivity (Wildman–Crippen MR) is 180 cm³/mol. The molecule has 12 nitrogen and oxygen atoms in total. The van der Waals surface area contributed by atoms with Crippen LogP contribution in [-0.4, -0.2) is 96.1 Å². The first-order chi connectivity index (χ1) is 22.2. The van der Waals surface area contributed by atoms with E-state index < -0.39 is 42.3 Å². The van der Waals surface area contributed by atoms with Gasteiger partial charge < -0.3 is 31.1 Å². The Labute approximate surface area is 279 Å². The van der Waals surface area contributed by atoms with Gasteiger partial charge in [-0.3, -0.25) is 24.0 Å². The molecule has 3 aliphatic rings. The molecule has 3 fully saturated rings. The van der Waals surface area contributed by atoms with Crippen LogP contribution in [0.4, 0.5) is 4.79 Å². The number of urea groups is 1. The van der Waals surface area contributed by atoms with Crippen LogP contribution in [-0.2, 0) is 24.0 Å². The summed E-state index contributed by atoms with van der Waals surface area (Å²) in [5.41, 5.74) is 0.638. The second-order valence-corrected chi connectivity index (χ2v) is 14.5. The van der Waals surface area contributed by atoms with E-state index in [1.807, 2.05) is 45.6 Å². The number of rotatable bonds is 13. The van der Waals surface area contributed by atoms with E-state index in [1.165, 1.54) is 11.0 Å². The van der Waals surface area contributed by atoms with Crippen molar-refractivity contribution >= 4 is 35.4 Å². The Morgan fingerprint density at radius 3 is 2.26 bits per heavy atom. The SMILES string of the molecule is C=CCNC(=O)C(=O)CNC(=O)[C@@H]1[C@@H](C=C(C)C)CCN1C(=O)[C@@H](NC(=O)N[C@H](CN1CCCCC1=O)C(C)(C)C)C1CCCCC1. The lowest BCUT2D eigenvalue weighted by atomic mass is 9.83. The monoisotopic (exact) mass is 656 g/mol. The van der Waals surface area contributed by atoms with Crippen LogP contribution >= 0.6 is 0 Å². The van der Waals surface area contributed by atoms with Gasteiger partial charge in [-0.25, -0.2) is 4.79 Å². The van der Waals surface area contributed by atoms with Gasteiger partial charge in [0, 0.05) is 38.5 Å². The molecule has 0 radical (unpaired) electrons. The molecule has 1 saturated carbocycles. The molecule has 47 heavy (non-hydrogen) atoms. The molecule has 4 N–H and O–H groups in total. The minimum Gasteiger partial charge on any atom is -0.347 e. The van der Waals surface area contributed by atoms with Gasteiger partial charge in [-0.1, -0.05) is 57.8 Å². The topological polar surface area (TPSA) is 157 Å². The lowest BCUT2D eigenvalue weighted by Gasteiger charge is -2.38. The van der Waals surface area contributed by atoms with Gasteiger partial charge in [-0.05, 0) is 57.3 Å².